The highest BCUT2D eigenvalue weighted by Crippen LogP contribution is 1.42. The van der Waals surface area contributed by atoms with Crippen molar-refractivity contribution in [3.05, 3.63) is 0 Å². The Morgan fingerprint density at radius 2 is 1.08 bits per heavy atom. The minimum Gasteiger partial charge on any atom is -0.481 e. The summed E-state index contributed by atoms with van der Waals surface area (Å²) in [7, 11) is 0. The number of hydrogen-bond donors (Lipinski definition) is 3. The molecule has 0 aromatic carbocycles. The second kappa shape index (κ2) is 48.7. The molecule has 0 aromatic rings. The van der Waals surface area contributed by atoms with Gasteiger partial charge in [0, 0.05) is 6.92 Å². The van der Waals surface area contributed by atoms with Crippen molar-refractivity contribution in [1.82, 2.24) is 0 Å². The lowest BCUT2D eigenvalue weighted by Gasteiger charge is -1.70. The average Bonchev–Trinajstić information content (AvgIpc) is 1.65. The number of hydrogen-bond acceptors (Lipinski definition) is 3. The highest BCUT2D eigenvalue weighted by molar-refractivity contribution is 5.62. The van der Waals surface area contributed by atoms with Crippen LogP contribution in [0, 0.1) is 0 Å². The lowest BCUT2D eigenvalue weighted by molar-refractivity contribution is -0.134. The van der Waals surface area contributed by atoms with Crippen molar-refractivity contribution in [3.63, 3.8) is 0 Å². The van der Waals surface area contributed by atoms with E-state index in [9.17, 15) is 0 Å². The number of aliphatic hydroxyl groups excluding tert-OH is 2. The Morgan fingerprint density at radius 3 is 1.08 bits per heavy atom. The van der Waals surface area contributed by atoms with Crippen LogP contribution >= 0.6 is 0 Å². The van der Waals surface area contributed by atoms with E-state index in [1.54, 1.807) is 0 Å². The molecule has 0 aliphatic heterocycles. The van der Waals surface area contributed by atoms with Crippen LogP contribution in [0.2, 0.25) is 0 Å². The third kappa shape index (κ3) is 11800. The Morgan fingerprint density at radius 1 is 1.00 bits per heavy atom. The van der Waals surface area contributed by atoms with Crippen LogP contribution in [0.5, 0.6) is 0 Å². The molecule has 0 fully saturated rings. The van der Waals surface area contributed by atoms with Gasteiger partial charge < -0.3 is 37.2 Å². The summed E-state index contributed by atoms with van der Waals surface area (Å²) in [5.74, 6) is -0.833. The van der Waals surface area contributed by atoms with Crippen LogP contribution in [0.4, 0.5) is 0 Å². The van der Waals surface area contributed by atoms with Gasteiger partial charge in [0.25, 0.3) is 5.97 Å². The van der Waals surface area contributed by atoms with Gasteiger partial charge in [-0.3, -0.25) is 4.79 Å². The van der Waals surface area contributed by atoms with E-state index < -0.39 is 5.97 Å². The maximum atomic E-state index is 9.00. The highest BCUT2D eigenvalue weighted by atomic mass is 16.4. The van der Waals surface area contributed by atoms with Gasteiger partial charge in [-0.05, 0) is 0 Å². The van der Waals surface area contributed by atoms with Gasteiger partial charge in [0.05, 0.1) is 13.2 Å². The number of carboxylic acids is 1. The number of carboxylic acid groups (broad SMARTS) is 1. The maximum absolute atomic E-state index is 9.00. The van der Waals surface area contributed by atoms with Crippen molar-refractivity contribution < 1.29 is 42.0 Å². The molecule has 0 bridgehead atoms. The molecule has 0 saturated heterocycles. The molecule has 0 rings (SSSR count). The van der Waals surface area contributed by atoms with E-state index in [1.165, 1.54) is 0 Å². The standard InChI is InChI=1S/C2H4O2.C2H6O2.4H2O/c1-2(3)4;3-1-2-4;;;;/h1H3,(H,3,4);3-4H,1-2H2;4*1H2. The van der Waals surface area contributed by atoms with Crippen molar-refractivity contribution in [2.45, 2.75) is 6.92 Å². The summed E-state index contributed by atoms with van der Waals surface area (Å²) in [6, 6.07) is 0. The largest absolute Gasteiger partial charge is 0.481 e. The Hall–Kier alpha value is -0.770. The molecule has 0 unspecified atom stereocenters. The van der Waals surface area contributed by atoms with Gasteiger partial charge in [-0.15, -0.1) is 0 Å². The molecule has 0 heterocycles. The quantitative estimate of drug-likeness (QED) is 0.379. The Kier molecular flexibility index (Phi) is 174. The van der Waals surface area contributed by atoms with E-state index in [1.807, 2.05) is 0 Å². The molecular formula is C4H18O8. The van der Waals surface area contributed by atoms with Crippen LogP contribution in [0.1, 0.15) is 6.92 Å². The Labute approximate surface area is 69.3 Å². The second-order valence-electron chi connectivity index (χ2n) is 0.966. The Bertz CT molecular complexity index is 49.0. The zero-order valence-corrected chi connectivity index (χ0v) is 6.66. The van der Waals surface area contributed by atoms with Gasteiger partial charge in [-0.25, -0.2) is 0 Å². The first-order valence-corrected chi connectivity index (χ1v) is 2.06. The summed E-state index contributed by atoms with van der Waals surface area (Å²) in [6.45, 7) is 0.833. The van der Waals surface area contributed by atoms with Gasteiger partial charge in [-0.1, -0.05) is 0 Å². The first-order valence-electron chi connectivity index (χ1n) is 2.06. The van der Waals surface area contributed by atoms with Crippen molar-refractivity contribution >= 4 is 5.97 Å². The van der Waals surface area contributed by atoms with E-state index in [0.29, 0.717) is 0 Å². The minimum atomic E-state index is -0.833. The summed E-state index contributed by atoms with van der Waals surface area (Å²) < 4.78 is 0. The third-order valence-electron chi connectivity index (χ3n) is 0.1000. The smallest absolute Gasteiger partial charge is 0.300 e. The molecule has 0 aromatic heterocycles. The number of rotatable bonds is 1. The molecule has 0 saturated carbocycles. The number of aliphatic hydroxyl groups is 2. The fourth-order valence-corrected chi connectivity index (χ4v) is 0. The van der Waals surface area contributed by atoms with Gasteiger partial charge >= 0.3 is 0 Å². The average molecular weight is 194 g/mol. The van der Waals surface area contributed by atoms with E-state index >= 15 is 0 Å². The van der Waals surface area contributed by atoms with Crippen LogP contribution in [-0.4, -0.2) is 56.4 Å². The zero-order chi connectivity index (χ0) is 6.99. The normalized spacial score (nSPS) is 4.58. The monoisotopic (exact) mass is 194 g/mol. The summed E-state index contributed by atoms with van der Waals surface area (Å²) in [6.07, 6.45) is 0. The predicted molar refractivity (Wildman–Crippen MR) is 41.9 cm³/mol. The molecule has 11 N–H and O–H groups in total. The molecule has 0 spiro atoms. The molecule has 0 atom stereocenters. The summed E-state index contributed by atoms with van der Waals surface area (Å²) in [5.41, 5.74) is 0. The number of carbonyl (C=O) groups is 1. The zero-order valence-electron chi connectivity index (χ0n) is 6.66. The molecular weight excluding hydrogens is 176 g/mol. The van der Waals surface area contributed by atoms with E-state index in [2.05, 4.69) is 0 Å². The fourth-order valence-electron chi connectivity index (χ4n) is 0. The first kappa shape index (κ1) is 43.0. The fraction of sp³-hybridized carbons (Fsp3) is 0.750. The third-order valence-corrected chi connectivity index (χ3v) is 0.1000. The molecule has 12 heavy (non-hydrogen) atoms. The second-order valence-corrected chi connectivity index (χ2v) is 0.966. The van der Waals surface area contributed by atoms with E-state index in [-0.39, 0.29) is 35.1 Å². The topological polar surface area (TPSA) is 204 Å². The maximum Gasteiger partial charge on any atom is 0.300 e. The van der Waals surface area contributed by atoms with Crippen molar-refractivity contribution in [1.29, 1.82) is 0 Å². The Balaban J connectivity index is -0.0000000112. The molecule has 0 radical (unpaired) electrons. The lowest BCUT2D eigenvalue weighted by atomic mass is 10.8. The number of aliphatic carboxylic acids is 1. The van der Waals surface area contributed by atoms with E-state index in [0.717, 1.165) is 6.92 Å². The summed E-state index contributed by atoms with van der Waals surface area (Å²) in [4.78, 5) is 9.00. The van der Waals surface area contributed by atoms with E-state index in [4.69, 9.17) is 20.1 Å². The van der Waals surface area contributed by atoms with Gasteiger partial charge in [0.2, 0.25) is 0 Å². The summed E-state index contributed by atoms with van der Waals surface area (Å²) in [5, 5.41) is 22.7. The van der Waals surface area contributed by atoms with Crippen molar-refractivity contribution in [2.75, 3.05) is 13.2 Å². The summed E-state index contributed by atoms with van der Waals surface area (Å²) >= 11 is 0. The van der Waals surface area contributed by atoms with Crippen LogP contribution in [0.15, 0.2) is 0 Å². The van der Waals surface area contributed by atoms with Crippen molar-refractivity contribution in [3.8, 4) is 0 Å². The molecule has 0 aliphatic rings. The predicted octanol–water partition coefficient (Wildman–Crippen LogP) is -4.24. The lowest BCUT2D eigenvalue weighted by Crippen LogP contribution is -1.85. The van der Waals surface area contributed by atoms with Crippen LogP contribution in [0.25, 0.3) is 0 Å². The minimum absolute atomic E-state index is 0. The van der Waals surface area contributed by atoms with Gasteiger partial charge in [0.1, 0.15) is 0 Å². The first-order chi connectivity index (χ1) is 3.65. The van der Waals surface area contributed by atoms with Gasteiger partial charge in [-0.2, -0.15) is 0 Å². The molecule has 8 nitrogen and oxygen atoms in total. The molecule has 0 aliphatic carbocycles. The molecule has 82 valence electrons. The SMILES string of the molecule is CC(=O)O.O.O.O.O.OCCO. The molecule has 0 amide bonds. The highest BCUT2D eigenvalue weighted by Gasteiger charge is 1.65. The van der Waals surface area contributed by atoms with Crippen LogP contribution in [0.3, 0.4) is 0 Å². The van der Waals surface area contributed by atoms with Crippen molar-refractivity contribution in [2.24, 2.45) is 0 Å². The van der Waals surface area contributed by atoms with Gasteiger partial charge in [0.15, 0.2) is 0 Å². The molecule has 8 heteroatoms. The van der Waals surface area contributed by atoms with Crippen LogP contribution in [-0.2, 0) is 4.79 Å². The van der Waals surface area contributed by atoms with Crippen LogP contribution < -0.4 is 0 Å².